The molecule has 0 aliphatic rings. The van der Waals surface area contributed by atoms with Crippen LogP contribution in [-0.2, 0) is 4.79 Å². The molecule has 0 spiro atoms. The van der Waals surface area contributed by atoms with Gasteiger partial charge in [0, 0.05) is 22.8 Å². The molecule has 1 unspecified atom stereocenters. The predicted molar refractivity (Wildman–Crippen MR) is 60.6 cm³/mol. The van der Waals surface area contributed by atoms with E-state index >= 15 is 0 Å². The highest BCUT2D eigenvalue weighted by molar-refractivity contribution is 5.96. The second-order valence-corrected chi connectivity index (χ2v) is 3.56. The summed E-state index contributed by atoms with van der Waals surface area (Å²) in [6.45, 7) is 1.66. The van der Waals surface area contributed by atoms with Crippen molar-refractivity contribution in [1.29, 1.82) is 0 Å². The summed E-state index contributed by atoms with van der Waals surface area (Å²) in [5.41, 5.74) is 7.28. The first-order valence-electron chi connectivity index (χ1n) is 4.80. The van der Waals surface area contributed by atoms with Crippen LogP contribution in [0.25, 0.3) is 10.9 Å². The minimum Gasteiger partial charge on any atom is -0.361 e. The van der Waals surface area contributed by atoms with Crippen molar-refractivity contribution in [3.05, 3.63) is 30.5 Å². The maximum Gasteiger partial charge on any atom is 0.240 e. The van der Waals surface area contributed by atoms with Crippen LogP contribution in [0.4, 0.5) is 5.69 Å². The van der Waals surface area contributed by atoms with Crippen LogP contribution in [0.1, 0.15) is 6.92 Å². The molecular weight excluding hydrogens is 190 g/mol. The lowest BCUT2D eigenvalue weighted by molar-refractivity contribution is -0.117. The topological polar surface area (TPSA) is 70.9 Å². The Morgan fingerprint density at radius 2 is 2.27 bits per heavy atom. The Hall–Kier alpha value is -1.81. The van der Waals surface area contributed by atoms with Gasteiger partial charge in [-0.05, 0) is 31.2 Å². The van der Waals surface area contributed by atoms with Gasteiger partial charge in [0.1, 0.15) is 0 Å². The molecule has 1 aromatic carbocycles. The van der Waals surface area contributed by atoms with E-state index in [-0.39, 0.29) is 5.91 Å². The Kier molecular flexibility index (Phi) is 2.43. The van der Waals surface area contributed by atoms with Crippen LogP contribution in [0.3, 0.4) is 0 Å². The lowest BCUT2D eigenvalue weighted by atomic mass is 10.2. The Morgan fingerprint density at radius 1 is 1.47 bits per heavy atom. The summed E-state index contributed by atoms with van der Waals surface area (Å²) >= 11 is 0. The summed E-state index contributed by atoms with van der Waals surface area (Å²) in [6, 6.07) is 7.14. The normalized spacial score (nSPS) is 12.7. The molecule has 2 aromatic rings. The molecule has 0 saturated carbocycles. The highest BCUT2D eigenvalue weighted by Gasteiger charge is 2.07. The molecule has 78 valence electrons. The molecule has 0 fully saturated rings. The minimum atomic E-state index is -0.494. The standard InChI is InChI=1S/C11H13N3O/c1-7(12)11(15)14-9-2-3-10-8(6-9)4-5-13-10/h2-7,13H,12H2,1H3,(H,14,15). The second-order valence-electron chi connectivity index (χ2n) is 3.56. The highest BCUT2D eigenvalue weighted by atomic mass is 16.2. The molecule has 0 aliphatic heterocycles. The number of carbonyl (C=O) groups is 1. The molecule has 15 heavy (non-hydrogen) atoms. The summed E-state index contributed by atoms with van der Waals surface area (Å²) in [4.78, 5) is 14.4. The van der Waals surface area contributed by atoms with E-state index < -0.39 is 6.04 Å². The number of H-pyrrole nitrogens is 1. The van der Waals surface area contributed by atoms with Gasteiger partial charge in [0.25, 0.3) is 0 Å². The number of anilines is 1. The van der Waals surface area contributed by atoms with Gasteiger partial charge < -0.3 is 16.0 Å². The highest BCUT2D eigenvalue weighted by Crippen LogP contribution is 2.17. The fourth-order valence-electron chi connectivity index (χ4n) is 1.39. The van der Waals surface area contributed by atoms with Crippen molar-refractivity contribution in [3.8, 4) is 0 Å². The van der Waals surface area contributed by atoms with Crippen LogP contribution < -0.4 is 11.1 Å². The van der Waals surface area contributed by atoms with Crippen LogP contribution in [0.5, 0.6) is 0 Å². The number of hydrogen-bond donors (Lipinski definition) is 3. The Balaban J connectivity index is 2.25. The van der Waals surface area contributed by atoms with Crippen molar-refractivity contribution in [1.82, 2.24) is 4.98 Å². The summed E-state index contributed by atoms with van der Waals surface area (Å²) in [5, 5.41) is 3.81. The van der Waals surface area contributed by atoms with E-state index in [0.29, 0.717) is 0 Å². The van der Waals surface area contributed by atoms with Gasteiger partial charge >= 0.3 is 0 Å². The van der Waals surface area contributed by atoms with Gasteiger partial charge in [-0.25, -0.2) is 0 Å². The first kappa shape index (κ1) is 9.73. The fourth-order valence-corrected chi connectivity index (χ4v) is 1.39. The SMILES string of the molecule is CC(N)C(=O)Nc1ccc2[nH]ccc2c1. The molecule has 1 amide bonds. The van der Waals surface area contributed by atoms with E-state index in [9.17, 15) is 4.79 Å². The molecular formula is C11H13N3O. The van der Waals surface area contributed by atoms with E-state index in [1.165, 1.54) is 0 Å². The van der Waals surface area contributed by atoms with Crippen molar-refractivity contribution in [2.24, 2.45) is 5.73 Å². The van der Waals surface area contributed by atoms with Crippen molar-refractivity contribution in [2.45, 2.75) is 13.0 Å². The van der Waals surface area contributed by atoms with E-state index in [4.69, 9.17) is 5.73 Å². The maximum absolute atomic E-state index is 11.3. The quantitative estimate of drug-likeness (QED) is 0.691. The van der Waals surface area contributed by atoms with Crippen LogP contribution >= 0.6 is 0 Å². The third kappa shape index (κ3) is 1.99. The van der Waals surface area contributed by atoms with Crippen molar-refractivity contribution >= 4 is 22.5 Å². The van der Waals surface area contributed by atoms with Crippen LogP contribution in [0.15, 0.2) is 30.5 Å². The second kappa shape index (κ2) is 3.74. The van der Waals surface area contributed by atoms with Crippen LogP contribution in [-0.4, -0.2) is 16.9 Å². The summed E-state index contributed by atoms with van der Waals surface area (Å²) in [6.07, 6.45) is 1.86. The van der Waals surface area contributed by atoms with Gasteiger partial charge in [-0.1, -0.05) is 0 Å². The van der Waals surface area contributed by atoms with E-state index in [1.54, 1.807) is 6.92 Å². The molecule has 1 atom stereocenters. The summed E-state index contributed by atoms with van der Waals surface area (Å²) < 4.78 is 0. The number of hydrogen-bond acceptors (Lipinski definition) is 2. The van der Waals surface area contributed by atoms with Gasteiger partial charge in [0.2, 0.25) is 5.91 Å². The zero-order chi connectivity index (χ0) is 10.8. The molecule has 1 aromatic heterocycles. The van der Waals surface area contributed by atoms with Crippen molar-refractivity contribution < 1.29 is 4.79 Å². The number of nitrogens with two attached hydrogens (primary N) is 1. The molecule has 2 rings (SSSR count). The molecule has 0 aliphatic carbocycles. The first-order valence-corrected chi connectivity index (χ1v) is 4.80. The number of fused-ring (bicyclic) bond motifs is 1. The Labute approximate surface area is 87.5 Å². The molecule has 4 N–H and O–H groups in total. The smallest absolute Gasteiger partial charge is 0.240 e. The van der Waals surface area contributed by atoms with Crippen molar-refractivity contribution in [3.63, 3.8) is 0 Å². The Bertz CT molecular complexity index is 487. The number of aromatic nitrogens is 1. The Morgan fingerprint density at radius 3 is 3.00 bits per heavy atom. The molecule has 1 heterocycles. The molecule has 4 heteroatoms. The third-order valence-corrected chi connectivity index (χ3v) is 2.23. The molecule has 0 saturated heterocycles. The monoisotopic (exact) mass is 203 g/mol. The van der Waals surface area contributed by atoms with Gasteiger partial charge in [-0.2, -0.15) is 0 Å². The molecule has 0 radical (unpaired) electrons. The lowest BCUT2D eigenvalue weighted by Crippen LogP contribution is -2.32. The van der Waals surface area contributed by atoms with E-state index in [2.05, 4.69) is 10.3 Å². The molecule has 0 bridgehead atoms. The number of nitrogens with one attached hydrogen (secondary N) is 2. The lowest BCUT2D eigenvalue weighted by Gasteiger charge is -2.07. The first-order chi connectivity index (χ1) is 7.16. The average Bonchev–Trinajstić information content (AvgIpc) is 2.64. The number of amides is 1. The zero-order valence-electron chi connectivity index (χ0n) is 8.45. The van der Waals surface area contributed by atoms with Crippen LogP contribution in [0.2, 0.25) is 0 Å². The largest absolute Gasteiger partial charge is 0.361 e. The third-order valence-electron chi connectivity index (χ3n) is 2.23. The minimum absolute atomic E-state index is 0.176. The van der Waals surface area contributed by atoms with Gasteiger partial charge in [0.15, 0.2) is 0 Å². The zero-order valence-corrected chi connectivity index (χ0v) is 8.45. The predicted octanol–water partition coefficient (Wildman–Crippen LogP) is 1.45. The number of rotatable bonds is 2. The van der Waals surface area contributed by atoms with E-state index in [0.717, 1.165) is 16.6 Å². The van der Waals surface area contributed by atoms with E-state index in [1.807, 2.05) is 30.5 Å². The van der Waals surface area contributed by atoms with Gasteiger partial charge in [-0.15, -0.1) is 0 Å². The molecule has 4 nitrogen and oxygen atoms in total. The van der Waals surface area contributed by atoms with Gasteiger partial charge in [-0.3, -0.25) is 4.79 Å². The van der Waals surface area contributed by atoms with Crippen molar-refractivity contribution in [2.75, 3.05) is 5.32 Å². The van der Waals surface area contributed by atoms with Crippen LogP contribution in [0, 0.1) is 0 Å². The number of carbonyl (C=O) groups excluding carboxylic acids is 1. The maximum atomic E-state index is 11.3. The number of aromatic amines is 1. The fraction of sp³-hybridized carbons (Fsp3) is 0.182. The average molecular weight is 203 g/mol. The summed E-state index contributed by atoms with van der Waals surface area (Å²) in [5.74, 6) is -0.176. The number of benzene rings is 1. The summed E-state index contributed by atoms with van der Waals surface area (Å²) in [7, 11) is 0. The van der Waals surface area contributed by atoms with Gasteiger partial charge in [0.05, 0.1) is 6.04 Å².